The molecule has 0 radical (unpaired) electrons. The smallest absolute Gasteiger partial charge is 0.203 e. The third kappa shape index (κ3) is 1.50. The molecular formula is C11H12O3S. The van der Waals surface area contributed by atoms with E-state index in [4.69, 9.17) is 5.11 Å². The van der Waals surface area contributed by atoms with Gasteiger partial charge in [-0.2, -0.15) is 0 Å². The molecule has 1 aliphatic heterocycles. The molecule has 0 saturated heterocycles. The van der Waals surface area contributed by atoms with Crippen molar-refractivity contribution in [2.24, 2.45) is 0 Å². The number of aliphatic hydroxyl groups is 1. The first-order valence-electron chi connectivity index (χ1n) is 4.73. The zero-order chi connectivity index (χ0) is 11.1. The van der Waals surface area contributed by atoms with Crippen molar-refractivity contribution in [3.63, 3.8) is 0 Å². The van der Waals surface area contributed by atoms with E-state index < -0.39 is 9.84 Å². The second-order valence-corrected chi connectivity index (χ2v) is 5.52. The van der Waals surface area contributed by atoms with Gasteiger partial charge in [-0.05, 0) is 24.1 Å². The van der Waals surface area contributed by atoms with E-state index in [9.17, 15) is 8.42 Å². The molecule has 1 aliphatic rings. The van der Waals surface area contributed by atoms with E-state index in [2.05, 4.69) is 0 Å². The van der Waals surface area contributed by atoms with Gasteiger partial charge in [0.05, 0.1) is 9.80 Å². The zero-order valence-corrected chi connectivity index (χ0v) is 9.21. The van der Waals surface area contributed by atoms with E-state index in [1.165, 1.54) is 0 Å². The highest BCUT2D eigenvalue weighted by Gasteiger charge is 2.30. The molecule has 0 saturated carbocycles. The summed E-state index contributed by atoms with van der Waals surface area (Å²) in [5, 5.41) is 8.80. The highest BCUT2D eigenvalue weighted by atomic mass is 32.2. The second-order valence-electron chi connectivity index (χ2n) is 3.58. The fraction of sp³-hybridized carbons (Fsp3) is 0.273. The van der Waals surface area contributed by atoms with Gasteiger partial charge in [-0.25, -0.2) is 8.42 Å². The minimum absolute atomic E-state index is 0.141. The summed E-state index contributed by atoms with van der Waals surface area (Å²) in [5.74, 6) is 0. The molecule has 0 fully saturated rings. The Bertz CT molecular complexity index is 527. The van der Waals surface area contributed by atoms with Crippen LogP contribution in [0.4, 0.5) is 0 Å². The molecule has 2 rings (SSSR count). The Kier molecular flexibility index (Phi) is 2.40. The number of hydrogen-bond acceptors (Lipinski definition) is 3. The minimum Gasteiger partial charge on any atom is -0.396 e. The van der Waals surface area contributed by atoms with Crippen LogP contribution in [-0.2, 0) is 9.84 Å². The second kappa shape index (κ2) is 3.47. The Labute approximate surface area is 89.0 Å². The standard InChI is InChI=1S/C11H12O3S/c1-8-3-2-4-9-7-10(5-6-12)15(13,14)11(8)9/h2-4,7,12H,5-6H2,1H3. The quantitative estimate of drug-likeness (QED) is 0.828. The molecule has 1 aromatic rings. The number of aryl methyl sites for hydroxylation is 1. The number of rotatable bonds is 2. The first kappa shape index (κ1) is 10.4. The predicted molar refractivity (Wildman–Crippen MR) is 58.0 cm³/mol. The lowest BCUT2D eigenvalue weighted by atomic mass is 10.1. The Morgan fingerprint density at radius 3 is 2.67 bits per heavy atom. The van der Waals surface area contributed by atoms with Gasteiger partial charge >= 0.3 is 0 Å². The van der Waals surface area contributed by atoms with Crippen LogP contribution in [0.15, 0.2) is 28.0 Å². The van der Waals surface area contributed by atoms with Gasteiger partial charge in [0, 0.05) is 13.0 Å². The van der Waals surface area contributed by atoms with Crippen molar-refractivity contribution in [3.05, 3.63) is 34.2 Å². The van der Waals surface area contributed by atoms with Crippen LogP contribution in [0.25, 0.3) is 6.08 Å². The molecule has 3 nitrogen and oxygen atoms in total. The maximum absolute atomic E-state index is 12.0. The Balaban J connectivity index is 2.64. The van der Waals surface area contributed by atoms with Crippen molar-refractivity contribution < 1.29 is 13.5 Å². The third-order valence-electron chi connectivity index (χ3n) is 2.53. The van der Waals surface area contributed by atoms with E-state index in [1.807, 2.05) is 6.07 Å². The lowest BCUT2D eigenvalue weighted by molar-refractivity contribution is 0.301. The number of sulfone groups is 1. The number of fused-ring (bicyclic) bond motifs is 1. The minimum atomic E-state index is -3.34. The van der Waals surface area contributed by atoms with Crippen LogP contribution in [0.5, 0.6) is 0 Å². The molecule has 0 aliphatic carbocycles. The van der Waals surface area contributed by atoms with Crippen LogP contribution in [0, 0.1) is 6.92 Å². The normalized spacial score (nSPS) is 17.3. The molecular weight excluding hydrogens is 212 g/mol. The molecule has 0 spiro atoms. The summed E-state index contributed by atoms with van der Waals surface area (Å²) in [6.07, 6.45) is 1.84. The lowest BCUT2D eigenvalue weighted by Crippen LogP contribution is -2.04. The van der Waals surface area contributed by atoms with E-state index in [1.54, 1.807) is 25.1 Å². The molecule has 0 amide bonds. The molecule has 4 heteroatoms. The predicted octanol–water partition coefficient (Wildman–Crippen LogP) is 1.51. The van der Waals surface area contributed by atoms with E-state index >= 15 is 0 Å². The van der Waals surface area contributed by atoms with E-state index in [-0.39, 0.29) is 13.0 Å². The molecule has 15 heavy (non-hydrogen) atoms. The average molecular weight is 224 g/mol. The van der Waals surface area contributed by atoms with Gasteiger partial charge in [0.2, 0.25) is 9.84 Å². The SMILES string of the molecule is Cc1cccc2c1S(=O)(=O)C(CCO)=C2. The maximum atomic E-state index is 12.0. The number of hydrogen-bond donors (Lipinski definition) is 1. The van der Waals surface area contributed by atoms with Crippen molar-refractivity contribution in [3.8, 4) is 0 Å². The number of aliphatic hydroxyl groups excluding tert-OH is 1. The summed E-state index contributed by atoms with van der Waals surface area (Å²) in [4.78, 5) is 0.711. The molecule has 0 aromatic heterocycles. The average Bonchev–Trinajstić information content (AvgIpc) is 2.40. The summed E-state index contributed by atoms with van der Waals surface area (Å²) in [6.45, 7) is 1.64. The van der Waals surface area contributed by atoms with Gasteiger partial charge in [0.25, 0.3) is 0 Å². The summed E-state index contributed by atoms with van der Waals surface area (Å²) in [5.41, 5.74) is 1.50. The Morgan fingerprint density at radius 2 is 2.07 bits per heavy atom. The van der Waals surface area contributed by atoms with Crippen molar-refractivity contribution in [1.82, 2.24) is 0 Å². The molecule has 0 atom stereocenters. The fourth-order valence-electron chi connectivity index (χ4n) is 1.85. The summed E-state index contributed by atoms with van der Waals surface area (Å²) >= 11 is 0. The lowest BCUT2D eigenvalue weighted by Gasteiger charge is -2.04. The first-order valence-corrected chi connectivity index (χ1v) is 6.22. The van der Waals surface area contributed by atoms with Gasteiger partial charge in [0.15, 0.2) is 0 Å². The van der Waals surface area contributed by atoms with Crippen LogP contribution in [0.3, 0.4) is 0 Å². The van der Waals surface area contributed by atoms with Gasteiger partial charge < -0.3 is 5.11 Å². The van der Waals surface area contributed by atoms with Crippen molar-refractivity contribution in [1.29, 1.82) is 0 Å². The van der Waals surface area contributed by atoms with E-state index in [0.29, 0.717) is 9.80 Å². The van der Waals surface area contributed by atoms with Crippen molar-refractivity contribution in [2.75, 3.05) is 6.61 Å². The van der Waals surface area contributed by atoms with Crippen molar-refractivity contribution >= 4 is 15.9 Å². The van der Waals surface area contributed by atoms with Crippen LogP contribution < -0.4 is 0 Å². The maximum Gasteiger partial charge on any atom is 0.203 e. The van der Waals surface area contributed by atoms with Gasteiger partial charge in [-0.1, -0.05) is 18.2 Å². The molecule has 1 heterocycles. The van der Waals surface area contributed by atoms with Gasteiger partial charge in [-0.15, -0.1) is 0 Å². The molecule has 0 bridgehead atoms. The van der Waals surface area contributed by atoms with Gasteiger partial charge in [-0.3, -0.25) is 0 Å². The first-order chi connectivity index (χ1) is 7.07. The molecule has 0 unspecified atom stereocenters. The summed E-state index contributed by atoms with van der Waals surface area (Å²) in [6, 6.07) is 5.40. The highest BCUT2D eigenvalue weighted by molar-refractivity contribution is 7.95. The Hall–Kier alpha value is -1.13. The van der Waals surface area contributed by atoms with Crippen LogP contribution in [0.2, 0.25) is 0 Å². The molecule has 1 N–H and O–H groups in total. The Morgan fingerprint density at radius 1 is 1.33 bits per heavy atom. The highest BCUT2D eigenvalue weighted by Crippen LogP contribution is 2.36. The van der Waals surface area contributed by atoms with Crippen LogP contribution >= 0.6 is 0 Å². The topological polar surface area (TPSA) is 54.4 Å². The number of benzene rings is 1. The third-order valence-corrected chi connectivity index (χ3v) is 4.64. The van der Waals surface area contributed by atoms with Crippen LogP contribution in [-0.4, -0.2) is 20.1 Å². The summed E-state index contributed by atoms with van der Waals surface area (Å²) < 4.78 is 24.0. The van der Waals surface area contributed by atoms with Crippen LogP contribution in [0.1, 0.15) is 17.5 Å². The largest absolute Gasteiger partial charge is 0.396 e. The monoisotopic (exact) mass is 224 g/mol. The molecule has 80 valence electrons. The summed E-state index contributed by atoms with van der Waals surface area (Å²) in [7, 11) is -3.34. The molecule has 1 aromatic carbocycles. The van der Waals surface area contributed by atoms with Crippen molar-refractivity contribution in [2.45, 2.75) is 18.2 Å². The zero-order valence-electron chi connectivity index (χ0n) is 8.40. The van der Waals surface area contributed by atoms with E-state index in [0.717, 1.165) is 11.1 Å². The fourth-order valence-corrected chi connectivity index (χ4v) is 3.69. The van der Waals surface area contributed by atoms with Gasteiger partial charge in [0.1, 0.15) is 0 Å².